The Morgan fingerprint density at radius 1 is 1.50 bits per heavy atom. The lowest BCUT2D eigenvalue weighted by atomic mass is 10.2. The van der Waals surface area contributed by atoms with Gasteiger partial charge in [-0.3, -0.25) is 0 Å². The van der Waals surface area contributed by atoms with Crippen molar-refractivity contribution in [1.29, 1.82) is 0 Å². The largest absolute Gasteiger partial charge is 0.478 e. The van der Waals surface area contributed by atoms with Crippen LogP contribution in [0.5, 0.6) is 0 Å². The van der Waals surface area contributed by atoms with E-state index < -0.39 is 5.97 Å². The van der Waals surface area contributed by atoms with Gasteiger partial charge in [-0.05, 0) is 39.2 Å². The van der Waals surface area contributed by atoms with E-state index in [0.717, 1.165) is 12.1 Å². The van der Waals surface area contributed by atoms with Crippen molar-refractivity contribution in [3.05, 3.63) is 23.8 Å². The number of carboxylic acid groups (broad SMARTS) is 1. The molecular formula is C12H16N4O2. The van der Waals surface area contributed by atoms with Crippen molar-refractivity contribution in [2.45, 2.75) is 13.0 Å². The zero-order valence-corrected chi connectivity index (χ0v) is 10.7. The highest BCUT2D eigenvalue weighted by atomic mass is 16.4. The Labute approximate surface area is 105 Å². The number of hydrogen-bond donors (Lipinski definition) is 1. The average Bonchev–Trinajstić information content (AvgIpc) is 2.70. The van der Waals surface area contributed by atoms with Crippen LogP contribution < -0.4 is 0 Å². The minimum Gasteiger partial charge on any atom is -0.478 e. The number of rotatable bonds is 4. The first-order valence-electron chi connectivity index (χ1n) is 5.72. The molecule has 1 heterocycles. The van der Waals surface area contributed by atoms with Gasteiger partial charge in [0.05, 0.1) is 17.1 Å². The quantitative estimate of drug-likeness (QED) is 0.881. The lowest BCUT2D eigenvalue weighted by molar-refractivity contribution is 0.0697. The third-order valence-electron chi connectivity index (χ3n) is 2.76. The van der Waals surface area contributed by atoms with Crippen LogP contribution in [0.1, 0.15) is 23.3 Å². The van der Waals surface area contributed by atoms with Crippen LogP contribution >= 0.6 is 0 Å². The zero-order chi connectivity index (χ0) is 13.3. The fourth-order valence-corrected chi connectivity index (χ4v) is 2.01. The second-order valence-corrected chi connectivity index (χ2v) is 4.65. The molecule has 18 heavy (non-hydrogen) atoms. The second kappa shape index (κ2) is 4.73. The summed E-state index contributed by atoms with van der Waals surface area (Å²) in [6, 6.07) is 5.06. The SMILES string of the molecule is CC(CN(C)C)n1nnc2cc(C(=O)O)ccc21. The van der Waals surface area contributed by atoms with Gasteiger partial charge in [-0.2, -0.15) is 0 Å². The van der Waals surface area contributed by atoms with E-state index in [4.69, 9.17) is 5.11 Å². The van der Waals surface area contributed by atoms with Crippen LogP contribution in [0.3, 0.4) is 0 Å². The van der Waals surface area contributed by atoms with Crippen LogP contribution in [-0.4, -0.2) is 51.6 Å². The van der Waals surface area contributed by atoms with E-state index in [-0.39, 0.29) is 11.6 Å². The first-order chi connectivity index (χ1) is 8.49. The van der Waals surface area contributed by atoms with E-state index >= 15 is 0 Å². The summed E-state index contributed by atoms with van der Waals surface area (Å²) in [7, 11) is 4.00. The summed E-state index contributed by atoms with van der Waals surface area (Å²) >= 11 is 0. The molecule has 0 saturated carbocycles. The molecule has 0 aliphatic rings. The summed E-state index contributed by atoms with van der Waals surface area (Å²) in [5.41, 5.74) is 1.70. The molecule has 6 nitrogen and oxygen atoms in total. The molecule has 1 aromatic heterocycles. The van der Waals surface area contributed by atoms with E-state index in [1.165, 1.54) is 0 Å². The summed E-state index contributed by atoms with van der Waals surface area (Å²) in [5.74, 6) is -0.951. The molecule has 0 bridgehead atoms. The predicted molar refractivity (Wildman–Crippen MR) is 67.8 cm³/mol. The number of nitrogens with zero attached hydrogens (tertiary/aromatic N) is 4. The number of hydrogen-bond acceptors (Lipinski definition) is 4. The molecule has 6 heteroatoms. The molecular weight excluding hydrogens is 232 g/mol. The minimum absolute atomic E-state index is 0.181. The van der Waals surface area contributed by atoms with Crippen LogP contribution in [0.25, 0.3) is 11.0 Å². The van der Waals surface area contributed by atoms with Gasteiger partial charge in [0.15, 0.2) is 0 Å². The minimum atomic E-state index is -0.951. The van der Waals surface area contributed by atoms with Crippen molar-refractivity contribution in [2.24, 2.45) is 0 Å². The summed E-state index contributed by atoms with van der Waals surface area (Å²) in [6.07, 6.45) is 0. The van der Waals surface area contributed by atoms with Gasteiger partial charge in [-0.25, -0.2) is 9.48 Å². The molecule has 2 rings (SSSR count). The monoisotopic (exact) mass is 248 g/mol. The van der Waals surface area contributed by atoms with E-state index in [2.05, 4.69) is 22.1 Å². The van der Waals surface area contributed by atoms with E-state index in [9.17, 15) is 4.79 Å². The van der Waals surface area contributed by atoms with Crippen LogP contribution in [0.15, 0.2) is 18.2 Å². The van der Waals surface area contributed by atoms with Crippen LogP contribution in [0, 0.1) is 0 Å². The molecule has 2 aromatic rings. The first-order valence-corrected chi connectivity index (χ1v) is 5.72. The fourth-order valence-electron chi connectivity index (χ4n) is 2.01. The Kier molecular flexibility index (Phi) is 3.29. The number of aromatic nitrogens is 3. The van der Waals surface area contributed by atoms with Crippen LogP contribution in [-0.2, 0) is 0 Å². The molecule has 1 atom stereocenters. The average molecular weight is 248 g/mol. The van der Waals surface area contributed by atoms with Gasteiger partial charge in [0.1, 0.15) is 5.52 Å². The smallest absolute Gasteiger partial charge is 0.335 e. The Bertz CT molecular complexity index is 576. The van der Waals surface area contributed by atoms with Crippen molar-refractivity contribution in [2.75, 3.05) is 20.6 Å². The van der Waals surface area contributed by atoms with Crippen molar-refractivity contribution in [3.63, 3.8) is 0 Å². The van der Waals surface area contributed by atoms with Gasteiger partial charge >= 0.3 is 5.97 Å². The van der Waals surface area contributed by atoms with Gasteiger partial charge in [0, 0.05) is 6.54 Å². The summed E-state index contributed by atoms with van der Waals surface area (Å²) in [4.78, 5) is 12.9. The topological polar surface area (TPSA) is 71.2 Å². The van der Waals surface area contributed by atoms with Gasteiger partial charge in [0.2, 0.25) is 0 Å². The maximum atomic E-state index is 10.9. The first kappa shape index (κ1) is 12.5. The lowest BCUT2D eigenvalue weighted by Crippen LogP contribution is -2.23. The third kappa shape index (κ3) is 2.33. The van der Waals surface area contributed by atoms with E-state index in [0.29, 0.717) is 5.52 Å². The Balaban J connectivity index is 2.39. The second-order valence-electron chi connectivity index (χ2n) is 4.65. The molecule has 0 spiro atoms. The number of likely N-dealkylation sites (N-methyl/N-ethyl adjacent to an activating group) is 1. The van der Waals surface area contributed by atoms with Crippen LogP contribution in [0.4, 0.5) is 0 Å². The van der Waals surface area contributed by atoms with Gasteiger partial charge in [0.25, 0.3) is 0 Å². The third-order valence-corrected chi connectivity index (χ3v) is 2.76. The molecule has 0 amide bonds. The molecule has 0 radical (unpaired) electrons. The molecule has 0 saturated heterocycles. The van der Waals surface area contributed by atoms with Gasteiger partial charge in [-0.1, -0.05) is 5.21 Å². The summed E-state index contributed by atoms with van der Waals surface area (Å²) in [6.45, 7) is 2.90. The van der Waals surface area contributed by atoms with E-state index in [1.54, 1.807) is 18.2 Å². The molecule has 0 aliphatic heterocycles. The molecule has 96 valence electrons. The lowest BCUT2D eigenvalue weighted by Gasteiger charge is -2.17. The van der Waals surface area contributed by atoms with Crippen molar-refractivity contribution >= 4 is 17.0 Å². The van der Waals surface area contributed by atoms with Crippen LogP contribution in [0.2, 0.25) is 0 Å². The predicted octanol–water partition coefficient (Wildman–Crippen LogP) is 1.25. The standard InChI is InChI=1S/C12H16N4O2/c1-8(7-15(2)3)16-11-5-4-9(12(17)18)6-10(11)13-14-16/h4-6,8H,7H2,1-3H3,(H,17,18). The highest BCUT2D eigenvalue weighted by Crippen LogP contribution is 2.17. The van der Waals surface area contributed by atoms with Crippen molar-refractivity contribution in [3.8, 4) is 0 Å². The Morgan fingerprint density at radius 2 is 2.22 bits per heavy atom. The number of benzene rings is 1. The number of carboxylic acids is 1. The number of carbonyl (C=O) groups is 1. The van der Waals surface area contributed by atoms with E-state index in [1.807, 2.05) is 18.8 Å². The highest BCUT2D eigenvalue weighted by molar-refractivity contribution is 5.92. The molecule has 0 fully saturated rings. The number of fused-ring (bicyclic) bond motifs is 1. The summed E-state index contributed by atoms with van der Waals surface area (Å²) < 4.78 is 1.82. The molecule has 1 N–H and O–H groups in total. The summed E-state index contributed by atoms with van der Waals surface area (Å²) in [5, 5.41) is 17.0. The van der Waals surface area contributed by atoms with Crippen molar-refractivity contribution < 1.29 is 9.90 Å². The van der Waals surface area contributed by atoms with Gasteiger partial charge in [-0.15, -0.1) is 5.10 Å². The highest BCUT2D eigenvalue weighted by Gasteiger charge is 2.13. The van der Waals surface area contributed by atoms with Crippen molar-refractivity contribution in [1.82, 2.24) is 19.9 Å². The maximum absolute atomic E-state index is 10.9. The normalized spacial score (nSPS) is 13.1. The maximum Gasteiger partial charge on any atom is 0.335 e. The molecule has 1 aromatic carbocycles. The Morgan fingerprint density at radius 3 is 2.83 bits per heavy atom. The molecule has 0 aliphatic carbocycles. The molecule has 1 unspecified atom stereocenters. The zero-order valence-electron chi connectivity index (χ0n) is 10.7. The number of aromatic carboxylic acids is 1. The Hall–Kier alpha value is -1.95. The van der Waals surface area contributed by atoms with Gasteiger partial charge < -0.3 is 10.0 Å². The fraction of sp³-hybridized carbons (Fsp3) is 0.417.